The van der Waals surface area contributed by atoms with Crippen LogP contribution >= 0.6 is 0 Å². The van der Waals surface area contributed by atoms with Crippen molar-refractivity contribution >= 4 is 5.91 Å². The highest BCUT2D eigenvalue weighted by Gasteiger charge is 2.22. The number of aromatic amines is 1. The normalized spacial score (nSPS) is 17.4. The van der Waals surface area contributed by atoms with E-state index in [1.54, 1.807) is 13.8 Å². The van der Waals surface area contributed by atoms with E-state index in [-0.39, 0.29) is 23.9 Å². The molecule has 6 nitrogen and oxygen atoms in total. The molecule has 1 saturated heterocycles. The number of nitrogens with zero attached hydrogens (tertiary/aromatic N) is 2. The van der Waals surface area contributed by atoms with Crippen LogP contribution in [0.4, 0.5) is 0 Å². The topological polar surface area (TPSA) is 78.1 Å². The van der Waals surface area contributed by atoms with Crippen LogP contribution in [0, 0.1) is 13.8 Å². The molecule has 1 atom stereocenters. The summed E-state index contributed by atoms with van der Waals surface area (Å²) in [6.45, 7) is 6.53. The Hall–Kier alpha value is -2.47. The highest BCUT2D eigenvalue weighted by atomic mass is 16.2. The van der Waals surface area contributed by atoms with Crippen molar-refractivity contribution in [2.75, 3.05) is 19.6 Å². The highest BCUT2D eigenvalue weighted by molar-refractivity contribution is 5.79. The number of carbonyl (C=O) groups excluding carboxylic acids is 1. The Labute approximate surface area is 166 Å². The first kappa shape index (κ1) is 20.3. The first-order valence-electron chi connectivity index (χ1n) is 10.1. The van der Waals surface area contributed by atoms with Gasteiger partial charge in [0.15, 0.2) is 0 Å². The predicted molar refractivity (Wildman–Crippen MR) is 110 cm³/mol. The van der Waals surface area contributed by atoms with Crippen molar-refractivity contribution in [1.29, 1.82) is 0 Å². The van der Waals surface area contributed by atoms with Gasteiger partial charge < -0.3 is 15.2 Å². The average Bonchev–Trinajstić information content (AvgIpc) is 2.66. The van der Waals surface area contributed by atoms with Crippen molar-refractivity contribution in [1.82, 2.24) is 20.2 Å². The summed E-state index contributed by atoms with van der Waals surface area (Å²) >= 11 is 0. The quantitative estimate of drug-likeness (QED) is 0.769. The molecular weight excluding hydrogens is 352 g/mol. The minimum Gasteiger partial charge on any atom is -0.352 e. The number of aryl methyl sites for hydroxylation is 3. The van der Waals surface area contributed by atoms with E-state index in [9.17, 15) is 9.59 Å². The summed E-state index contributed by atoms with van der Waals surface area (Å²) in [7, 11) is 0. The molecule has 1 aliphatic heterocycles. The monoisotopic (exact) mass is 382 g/mol. The van der Waals surface area contributed by atoms with E-state index in [4.69, 9.17) is 0 Å². The van der Waals surface area contributed by atoms with Crippen molar-refractivity contribution in [3.8, 4) is 0 Å². The molecule has 2 N–H and O–H groups in total. The van der Waals surface area contributed by atoms with Crippen LogP contribution in [0.2, 0.25) is 0 Å². The van der Waals surface area contributed by atoms with Gasteiger partial charge in [-0.1, -0.05) is 30.3 Å². The predicted octanol–water partition coefficient (Wildman–Crippen LogP) is 2.14. The van der Waals surface area contributed by atoms with Crippen LogP contribution in [0.3, 0.4) is 0 Å². The van der Waals surface area contributed by atoms with E-state index >= 15 is 0 Å². The Kier molecular flexibility index (Phi) is 6.98. The summed E-state index contributed by atoms with van der Waals surface area (Å²) in [5.41, 5.74) is 2.24. The molecule has 28 heavy (non-hydrogen) atoms. The maximum atomic E-state index is 12.5. The maximum absolute atomic E-state index is 12.5. The lowest BCUT2D eigenvalue weighted by atomic mass is 10.0. The molecule has 0 radical (unpaired) electrons. The molecular formula is C22H30N4O2. The van der Waals surface area contributed by atoms with Crippen LogP contribution in [0.25, 0.3) is 0 Å². The van der Waals surface area contributed by atoms with Crippen LogP contribution in [0.1, 0.15) is 41.9 Å². The van der Waals surface area contributed by atoms with Crippen LogP contribution in [0.15, 0.2) is 35.1 Å². The van der Waals surface area contributed by atoms with Gasteiger partial charge in [-0.05, 0) is 58.2 Å². The summed E-state index contributed by atoms with van der Waals surface area (Å²) in [5, 5.41) is 3.11. The van der Waals surface area contributed by atoms with Gasteiger partial charge in [-0.3, -0.25) is 9.59 Å². The summed E-state index contributed by atoms with van der Waals surface area (Å²) in [6, 6.07) is 10.7. The van der Waals surface area contributed by atoms with Gasteiger partial charge in [0.25, 0.3) is 5.56 Å². The number of aromatic nitrogens is 2. The molecule has 0 bridgehead atoms. The lowest BCUT2D eigenvalue weighted by Crippen LogP contribution is -2.48. The number of benzene rings is 1. The molecule has 2 aromatic rings. The fourth-order valence-electron chi connectivity index (χ4n) is 3.93. The zero-order chi connectivity index (χ0) is 19.9. The van der Waals surface area contributed by atoms with Crippen molar-refractivity contribution in [2.24, 2.45) is 0 Å². The largest absolute Gasteiger partial charge is 0.352 e. The fourth-order valence-corrected chi connectivity index (χ4v) is 3.93. The molecule has 3 rings (SSSR count). The second-order valence-electron chi connectivity index (χ2n) is 7.69. The Morgan fingerprint density at radius 1 is 1.29 bits per heavy atom. The zero-order valence-electron chi connectivity index (χ0n) is 16.8. The van der Waals surface area contributed by atoms with Gasteiger partial charge >= 0.3 is 0 Å². The van der Waals surface area contributed by atoms with Gasteiger partial charge in [0.1, 0.15) is 5.82 Å². The number of likely N-dealkylation sites (tertiary alicyclic amines) is 1. The van der Waals surface area contributed by atoms with E-state index < -0.39 is 0 Å². The number of amides is 1. The lowest BCUT2D eigenvalue weighted by molar-refractivity contribution is -0.121. The van der Waals surface area contributed by atoms with E-state index in [0.29, 0.717) is 17.1 Å². The first-order chi connectivity index (χ1) is 13.5. The molecule has 1 fully saturated rings. The smallest absolute Gasteiger partial charge is 0.254 e. The number of carbonyl (C=O) groups is 1. The molecule has 0 aliphatic carbocycles. The van der Waals surface area contributed by atoms with Crippen LogP contribution in [-0.2, 0) is 17.6 Å². The number of rotatable bonds is 7. The van der Waals surface area contributed by atoms with Crippen LogP contribution < -0.4 is 10.9 Å². The minimum absolute atomic E-state index is 0.0823. The molecule has 2 heterocycles. The van der Waals surface area contributed by atoms with E-state index in [0.717, 1.165) is 45.3 Å². The van der Waals surface area contributed by atoms with Crippen molar-refractivity contribution in [3.05, 3.63) is 63.3 Å². The van der Waals surface area contributed by atoms with E-state index in [1.165, 1.54) is 5.56 Å². The average molecular weight is 383 g/mol. The zero-order valence-corrected chi connectivity index (χ0v) is 16.8. The van der Waals surface area contributed by atoms with E-state index in [1.807, 2.05) is 6.07 Å². The van der Waals surface area contributed by atoms with Gasteiger partial charge in [-0.15, -0.1) is 0 Å². The molecule has 0 spiro atoms. The summed E-state index contributed by atoms with van der Waals surface area (Å²) in [4.78, 5) is 33.9. The third-order valence-corrected chi connectivity index (χ3v) is 5.33. The summed E-state index contributed by atoms with van der Waals surface area (Å²) < 4.78 is 0. The SMILES string of the molecule is Cc1nc(C)c(CC(=O)N[C@H]2CCCN(CCCc3ccccc3)C2)c(=O)[nH]1. The standard InChI is InChI=1S/C22H30N4O2/c1-16-20(22(28)24-17(2)23-16)14-21(27)25-19-11-7-13-26(15-19)12-6-10-18-8-4-3-5-9-18/h3-5,8-9,19H,6-7,10-15H2,1-2H3,(H,25,27)(H,23,24,28)/t19-/m0/s1. The summed E-state index contributed by atoms with van der Waals surface area (Å²) in [6.07, 6.45) is 4.36. The molecule has 1 aliphatic rings. The third kappa shape index (κ3) is 5.76. The number of H-pyrrole nitrogens is 1. The Morgan fingerprint density at radius 3 is 2.82 bits per heavy atom. The second-order valence-corrected chi connectivity index (χ2v) is 7.69. The highest BCUT2D eigenvalue weighted by Crippen LogP contribution is 2.12. The van der Waals surface area contributed by atoms with Gasteiger partial charge in [0.2, 0.25) is 5.91 Å². The van der Waals surface area contributed by atoms with Gasteiger partial charge in [-0.2, -0.15) is 0 Å². The Balaban J connectivity index is 1.46. The van der Waals surface area contributed by atoms with E-state index in [2.05, 4.69) is 44.5 Å². The Morgan fingerprint density at radius 2 is 2.07 bits per heavy atom. The number of piperidine rings is 1. The molecule has 6 heteroatoms. The van der Waals surface area contributed by atoms with Gasteiger partial charge in [-0.25, -0.2) is 4.98 Å². The molecule has 1 amide bonds. The van der Waals surface area contributed by atoms with Crippen LogP contribution in [-0.4, -0.2) is 46.5 Å². The number of hydrogen-bond donors (Lipinski definition) is 2. The lowest BCUT2D eigenvalue weighted by Gasteiger charge is -2.33. The molecule has 0 unspecified atom stereocenters. The van der Waals surface area contributed by atoms with Gasteiger partial charge in [0.05, 0.1) is 6.42 Å². The maximum Gasteiger partial charge on any atom is 0.254 e. The third-order valence-electron chi connectivity index (χ3n) is 5.33. The van der Waals surface area contributed by atoms with Crippen molar-refractivity contribution in [3.63, 3.8) is 0 Å². The molecule has 1 aromatic carbocycles. The molecule has 0 saturated carbocycles. The van der Waals surface area contributed by atoms with Crippen LogP contribution in [0.5, 0.6) is 0 Å². The molecule has 150 valence electrons. The summed E-state index contributed by atoms with van der Waals surface area (Å²) in [5.74, 6) is 0.473. The van der Waals surface area contributed by atoms with Crippen molar-refractivity contribution < 1.29 is 4.79 Å². The number of hydrogen-bond acceptors (Lipinski definition) is 4. The van der Waals surface area contributed by atoms with Crippen molar-refractivity contribution in [2.45, 2.75) is 52.0 Å². The molecule has 1 aromatic heterocycles. The minimum atomic E-state index is -0.216. The van der Waals surface area contributed by atoms with Gasteiger partial charge in [0, 0.05) is 23.8 Å². The Bertz CT molecular complexity index is 847. The number of nitrogens with one attached hydrogen (secondary N) is 2. The fraction of sp³-hybridized carbons (Fsp3) is 0.500. The second kappa shape index (κ2) is 9.64. The first-order valence-corrected chi connectivity index (χ1v) is 10.1.